The number of allylic oxidation sites excluding steroid dienone is 1. The highest BCUT2D eigenvalue weighted by Crippen LogP contribution is 2.31. The molecule has 2 heterocycles. The molecular weight excluding hydrogens is 326 g/mol. The standard InChI is InChI=1S/C11H12ClN5O.C2H4O3/c12-9-8-10(16-11(13)15-9)17(5-14-8)7-2-1-6(3-7)4-18;1-5-2(3)4/h1-2,5-7,18H,3-4H2,(H2,13,15,16);1H3,(H,3,4)/t6-,7+;/m0./s1. The molecule has 0 saturated heterocycles. The SMILES string of the molecule is COC(=O)O.Nc1nc(Cl)c2ncn([C@@H]3C=C[C@H](CO)C3)c2n1. The fourth-order valence-corrected chi connectivity index (χ4v) is 2.45. The van der Waals surface area contributed by atoms with Gasteiger partial charge in [-0.15, -0.1) is 0 Å². The van der Waals surface area contributed by atoms with E-state index in [0.717, 1.165) is 13.5 Å². The molecule has 10 heteroatoms. The molecule has 0 saturated carbocycles. The lowest BCUT2D eigenvalue weighted by Crippen LogP contribution is -2.08. The van der Waals surface area contributed by atoms with Crippen LogP contribution in [0.2, 0.25) is 5.15 Å². The van der Waals surface area contributed by atoms with Crippen LogP contribution < -0.4 is 5.73 Å². The van der Waals surface area contributed by atoms with Crippen molar-refractivity contribution in [3.63, 3.8) is 0 Å². The Hall–Kier alpha value is -2.39. The van der Waals surface area contributed by atoms with E-state index >= 15 is 0 Å². The Morgan fingerprint density at radius 2 is 2.22 bits per heavy atom. The van der Waals surface area contributed by atoms with Crippen LogP contribution in [0.15, 0.2) is 18.5 Å². The summed E-state index contributed by atoms with van der Waals surface area (Å²) in [6, 6.07) is 0.123. The molecule has 0 fully saturated rings. The average molecular weight is 342 g/mol. The summed E-state index contributed by atoms with van der Waals surface area (Å²) >= 11 is 5.97. The Morgan fingerprint density at radius 3 is 2.78 bits per heavy atom. The van der Waals surface area contributed by atoms with Crippen LogP contribution in [-0.4, -0.2) is 49.6 Å². The number of methoxy groups -OCH3 is 1. The molecule has 0 spiro atoms. The number of halogens is 1. The number of hydrogen-bond acceptors (Lipinski definition) is 7. The van der Waals surface area contributed by atoms with Gasteiger partial charge in [-0.2, -0.15) is 9.97 Å². The smallest absolute Gasteiger partial charge is 0.450 e. The second-order valence-electron chi connectivity index (χ2n) is 4.80. The number of anilines is 1. The van der Waals surface area contributed by atoms with Crippen molar-refractivity contribution >= 4 is 34.9 Å². The first-order valence-corrected chi connectivity index (χ1v) is 7.05. The first kappa shape index (κ1) is 17.0. The van der Waals surface area contributed by atoms with Crippen LogP contribution in [0.4, 0.5) is 10.7 Å². The quantitative estimate of drug-likeness (QED) is 0.424. The zero-order valence-corrected chi connectivity index (χ0v) is 13.0. The summed E-state index contributed by atoms with van der Waals surface area (Å²) in [7, 11) is 1.10. The van der Waals surface area contributed by atoms with Crippen LogP contribution in [-0.2, 0) is 4.74 Å². The molecule has 2 aromatic rings. The maximum atomic E-state index is 9.15. The number of fused-ring (bicyclic) bond motifs is 1. The van der Waals surface area contributed by atoms with Crippen molar-refractivity contribution in [2.75, 3.05) is 19.5 Å². The number of ether oxygens (including phenoxy) is 1. The third-order valence-electron chi connectivity index (χ3n) is 3.31. The second-order valence-corrected chi connectivity index (χ2v) is 5.16. The van der Waals surface area contributed by atoms with Crippen molar-refractivity contribution in [3.05, 3.63) is 23.6 Å². The number of nitrogen functional groups attached to an aromatic ring is 1. The number of rotatable bonds is 2. The molecular formula is C13H16ClN5O4. The molecule has 1 aliphatic carbocycles. The molecule has 4 N–H and O–H groups in total. The molecule has 0 radical (unpaired) electrons. The molecule has 124 valence electrons. The van der Waals surface area contributed by atoms with E-state index < -0.39 is 6.16 Å². The number of nitrogens with two attached hydrogens (primary N) is 1. The Balaban J connectivity index is 0.000000338. The minimum atomic E-state index is -1.25. The summed E-state index contributed by atoms with van der Waals surface area (Å²) < 4.78 is 5.57. The Labute approximate surface area is 136 Å². The van der Waals surface area contributed by atoms with Crippen molar-refractivity contribution in [1.82, 2.24) is 19.5 Å². The molecule has 0 aromatic carbocycles. The Bertz CT molecular complexity index is 732. The molecule has 0 bridgehead atoms. The summed E-state index contributed by atoms with van der Waals surface area (Å²) in [5.41, 5.74) is 6.77. The van der Waals surface area contributed by atoms with E-state index in [2.05, 4.69) is 19.7 Å². The van der Waals surface area contributed by atoms with E-state index in [1.54, 1.807) is 6.33 Å². The maximum Gasteiger partial charge on any atom is 0.505 e. The van der Waals surface area contributed by atoms with Gasteiger partial charge in [0.2, 0.25) is 5.95 Å². The van der Waals surface area contributed by atoms with E-state index in [0.29, 0.717) is 11.2 Å². The number of imidazole rings is 1. The summed E-state index contributed by atoms with van der Waals surface area (Å²) in [5, 5.41) is 16.9. The first-order chi connectivity index (χ1) is 11.0. The van der Waals surface area contributed by atoms with Gasteiger partial charge in [0.15, 0.2) is 10.8 Å². The van der Waals surface area contributed by atoms with Crippen molar-refractivity contribution in [2.24, 2.45) is 5.92 Å². The van der Waals surface area contributed by atoms with Crippen LogP contribution in [0.3, 0.4) is 0 Å². The van der Waals surface area contributed by atoms with Crippen LogP contribution in [0.5, 0.6) is 0 Å². The minimum Gasteiger partial charge on any atom is -0.450 e. The van der Waals surface area contributed by atoms with Crippen LogP contribution in [0.25, 0.3) is 11.2 Å². The van der Waals surface area contributed by atoms with Crippen LogP contribution >= 0.6 is 11.6 Å². The maximum absolute atomic E-state index is 9.15. The van der Waals surface area contributed by atoms with E-state index in [1.807, 2.05) is 16.7 Å². The monoisotopic (exact) mass is 341 g/mol. The predicted octanol–water partition coefficient (Wildman–Crippen LogP) is 1.48. The van der Waals surface area contributed by atoms with Gasteiger partial charge in [-0.25, -0.2) is 9.78 Å². The Morgan fingerprint density at radius 1 is 1.52 bits per heavy atom. The number of aromatic nitrogens is 4. The summed E-state index contributed by atoms with van der Waals surface area (Å²) in [6.07, 6.45) is 5.30. The third-order valence-corrected chi connectivity index (χ3v) is 3.58. The predicted molar refractivity (Wildman–Crippen MR) is 83.1 cm³/mol. The van der Waals surface area contributed by atoms with Gasteiger partial charge >= 0.3 is 6.16 Å². The molecule has 2 aromatic heterocycles. The number of aliphatic hydroxyl groups is 1. The molecule has 9 nitrogen and oxygen atoms in total. The number of hydrogen-bond donors (Lipinski definition) is 3. The molecule has 0 unspecified atom stereocenters. The average Bonchev–Trinajstić information content (AvgIpc) is 3.13. The van der Waals surface area contributed by atoms with Crippen LogP contribution in [0, 0.1) is 5.92 Å². The van der Waals surface area contributed by atoms with Crippen molar-refractivity contribution in [3.8, 4) is 0 Å². The van der Waals surface area contributed by atoms with Gasteiger partial charge in [-0.1, -0.05) is 23.8 Å². The van der Waals surface area contributed by atoms with Gasteiger partial charge < -0.3 is 25.3 Å². The normalized spacial score (nSPS) is 19.4. The topological polar surface area (TPSA) is 136 Å². The number of carboxylic acid groups (broad SMARTS) is 1. The van der Waals surface area contributed by atoms with Gasteiger partial charge in [0.05, 0.1) is 19.5 Å². The molecule has 3 rings (SSSR count). The zero-order valence-electron chi connectivity index (χ0n) is 12.3. The molecule has 0 amide bonds. The summed E-state index contributed by atoms with van der Waals surface area (Å²) in [4.78, 5) is 21.4. The van der Waals surface area contributed by atoms with Gasteiger partial charge in [-0.3, -0.25) is 0 Å². The molecule has 23 heavy (non-hydrogen) atoms. The largest absolute Gasteiger partial charge is 0.505 e. The van der Waals surface area contributed by atoms with Crippen molar-refractivity contribution < 1.29 is 19.7 Å². The lowest BCUT2D eigenvalue weighted by molar-refractivity contribution is 0.114. The summed E-state index contributed by atoms with van der Waals surface area (Å²) in [6.45, 7) is 0.150. The van der Waals surface area contributed by atoms with E-state index in [1.165, 1.54) is 0 Å². The van der Waals surface area contributed by atoms with E-state index in [4.69, 9.17) is 32.3 Å². The van der Waals surface area contributed by atoms with Crippen LogP contribution in [0.1, 0.15) is 12.5 Å². The lowest BCUT2D eigenvalue weighted by Gasteiger charge is -2.12. The van der Waals surface area contributed by atoms with Gasteiger partial charge in [0.1, 0.15) is 5.52 Å². The fourth-order valence-electron chi connectivity index (χ4n) is 2.23. The fraction of sp³-hybridized carbons (Fsp3) is 0.385. The van der Waals surface area contributed by atoms with Crippen molar-refractivity contribution in [1.29, 1.82) is 0 Å². The number of aliphatic hydroxyl groups excluding tert-OH is 1. The highest BCUT2D eigenvalue weighted by Gasteiger charge is 2.22. The molecule has 1 aliphatic rings. The number of nitrogens with zero attached hydrogens (tertiary/aromatic N) is 4. The Kier molecular flexibility index (Phi) is 5.35. The van der Waals surface area contributed by atoms with E-state index in [-0.39, 0.29) is 29.7 Å². The zero-order chi connectivity index (χ0) is 17.0. The second kappa shape index (κ2) is 7.25. The molecule has 0 aliphatic heterocycles. The number of carbonyl (C=O) groups is 1. The van der Waals surface area contributed by atoms with Crippen molar-refractivity contribution in [2.45, 2.75) is 12.5 Å². The third kappa shape index (κ3) is 3.88. The first-order valence-electron chi connectivity index (χ1n) is 6.67. The highest BCUT2D eigenvalue weighted by atomic mass is 35.5. The van der Waals surface area contributed by atoms with Gasteiger partial charge in [-0.05, 0) is 6.42 Å². The summed E-state index contributed by atoms with van der Waals surface area (Å²) in [5.74, 6) is 0.317. The minimum absolute atomic E-state index is 0.123. The van der Waals surface area contributed by atoms with Gasteiger partial charge in [0.25, 0.3) is 0 Å². The van der Waals surface area contributed by atoms with E-state index in [9.17, 15) is 0 Å². The highest BCUT2D eigenvalue weighted by molar-refractivity contribution is 6.33. The van der Waals surface area contributed by atoms with Gasteiger partial charge in [0, 0.05) is 12.5 Å². The lowest BCUT2D eigenvalue weighted by atomic mass is 10.1. The molecule has 2 atom stereocenters.